The summed E-state index contributed by atoms with van der Waals surface area (Å²) in [7, 11) is 1.70. The molecule has 14 heavy (non-hydrogen) atoms. The molecule has 0 aromatic carbocycles. The van der Waals surface area contributed by atoms with Crippen LogP contribution >= 0.6 is 15.9 Å². The standard InChI is InChI=1S/C10H16BrNO2/c1-7(3-5-13-2)9(12)8-4-6-14-10(8)11/h4,6-7,9H,3,5,12H2,1-2H3. The van der Waals surface area contributed by atoms with Crippen LogP contribution in [-0.2, 0) is 4.74 Å². The summed E-state index contributed by atoms with van der Waals surface area (Å²) in [5, 5.41) is 0. The third-order valence-corrected chi connectivity index (χ3v) is 3.04. The predicted octanol–water partition coefficient (Wildman–Crippen LogP) is 2.71. The zero-order valence-corrected chi connectivity index (χ0v) is 10.1. The lowest BCUT2D eigenvalue weighted by Gasteiger charge is -2.18. The van der Waals surface area contributed by atoms with Crippen molar-refractivity contribution >= 4 is 15.9 Å². The molecular formula is C10H16BrNO2. The molecule has 0 radical (unpaired) electrons. The largest absolute Gasteiger partial charge is 0.457 e. The first kappa shape index (κ1) is 11.8. The highest BCUT2D eigenvalue weighted by molar-refractivity contribution is 9.10. The second kappa shape index (κ2) is 5.53. The highest BCUT2D eigenvalue weighted by Crippen LogP contribution is 2.29. The van der Waals surface area contributed by atoms with Crippen LogP contribution in [0.25, 0.3) is 0 Å². The van der Waals surface area contributed by atoms with Crippen molar-refractivity contribution < 1.29 is 9.15 Å². The van der Waals surface area contributed by atoms with E-state index < -0.39 is 0 Å². The number of hydrogen-bond acceptors (Lipinski definition) is 3. The van der Waals surface area contributed by atoms with E-state index in [2.05, 4.69) is 22.9 Å². The zero-order chi connectivity index (χ0) is 10.6. The normalized spacial score (nSPS) is 15.4. The van der Waals surface area contributed by atoms with Crippen molar-refractivity contribution in [1.29, 1.82) is 0 Å². The van der Waals surface area contributed by atoms with Crippen LogP contribution in [0.1, 0.15) is 24.9 Å². The molecular weight excluding hydrogens is 246 g/mol. The quantitative estimate of drug-likeness (QED) is 0.887. The van der Waals surface area contributed by atoms with Crippen LogP contribution in [0.15, 0.2) is 21.4 Å². The van der Waals surface area contributed by atoms with Crippen molar-refractivity contribution in [2.45, 2.75) is 19.4 Å². The van der Waals surface area contributed by atoms with E-state index in [0.717, 1.165) is 23.3 Å². The Hall–Kier alpha value is -0.320. The number of ether oxygens (including phenoxy) is 1. The monoisotopic (exact) mass is 261 g/mol. The first-order valence-electron chi connectivity index (χ1n) is 4.64. The molecule has 0 bridgehead atoms. The maximum atomic E-state index is 6.08. The maximum Gasteiger partial charge on any atom is 0.173 e. The minimum absolute atomic E-state index is 0.00160. The van der Waals surface area contributed by atoms with E-state index >= 15 is 0 Å². The summed E-state index contributed by atoms with van der Waals surface area (Å²) < 4.78 is 10.9. The molecule has 0 aliphatic rings. The Morgan fingerprint density at radius 2 is 2.36 bits per heavy atom. The van der Waals surface area contributed by atoms with Crippen molar-refractivity contribution in [3.05, 3.63) is 22.6 Å². The number of hydrogen-bond donors (Lipinski definition) is 1. The summed E-state index contributed by atoms with van der Waals surface area (Å²) >= 11 is 3.33. The molecule has 1 heterocycles. The molecule has 2 atom stereocenters. The Balaban J connectivity index is 2.56. The lowest BCUT2D eigenvalue weighted by Crippen LogP contribution is -2.20. The van der Waals surface area contributed by atoms with Gasteiger partial charge in [-0.25, -0.2) is 0 Å². The highest BCUT2D eigenvalue weighted by atomic mass is 79.9. The summed E-state index contributed by atoms with van der Waals surface area (Å²) in [6.07, 6.45) is 2.59. The molecule has 1 rings (SSSR count). The van der Waals surface area contributed by atoms with Gasteiger partial charge in [0.25, 0.3) is 0 Å². The fourth-order valence-electron chi connectivity index (χ4n) is 1.33. The van der Waals surface area contributed by atoms with E-state index in [4.69, 9.17) is 14.9 Å². The molecule has 3 nitrogen and oxygen atoms in total. The van der Waals surface area contributed by atoms with Crippen molar-refractivity contribution in [2.24, 2.45) is 11.7 Å². The summed E-state index contributed by atoms with van der Waals surface area (Å²) in [5.41, 5.74) is 7.10. The van der Waals surface area contributed by atoms with E-state index in [1.54, 1.807) is 13.4 Å². The average Bonchev–Trinajstić information content (AvgIpc) is 2.59. The van der Waals surface area contributed by atoms with Crippen LogP contribution in [0.5, 0.6) is 0 Å². The molecule has 1 aromatic heterocycles. The highest BCUT2D eigenvalue weighted by Gasteiger charge is 2.18. The van der Waals surface area contributed by atoms with E-state index in [1.165, 1.54) is 0 Å². The van der Waals surface area contributed by atoms with Crippen molar-refractivity contribution in [3.8, 4) is 0 Å². The van der Waals surface area contributed by atoms with Gasteiger partial charge in [-0.3, -0.25) is 0 Å². The SMILES string of the molecule is COCCC(C)C(N)c1ccoc1Br. The molecule has 0 amide bonds. The molecule has 0 saturated heterocycles. The first-order chi connectivity index (χ1) is 6.66. The third kappa shape index (κ3) is 2.83. The maximum absolute atomic E-state index is 6.08. The molecule has 0 fully saturated rings. The molecule has 0 aliphatic carbocycles. The molecule has 0 spiro atoms. The van der Waals surface area contributed by atoms with Gasteiger partial charge in [-0.15, -0.1) is 0 Å². The fourth-order valence-corrected chi connectivity index (χ4v) is 1.84. The van der Waals surface area contributed by atoms with Gasteiger partial charge in [0, 0.05) is 25.3 Å². The van der Waals surface area contributed by atoms with Crippen LogP contribution in [0.2, 0.25) is 0 Å². The minimum atomic E-state index is -0.00160. The van der Waals surface area contributed by atoms with Gasteiger partial charge in [-0.05, 0) is 34.3 Å². The number of rotatable bonds is 5. The van der Waals surface area contributed by atoms with Gasteiger partial charge in [-0.1, -0.05) is 6.92 Å². The van der Waals surface area contributed by atoms with Gasteiger partial charge in [0.15, 0.2) is 4.67 Å². The van der Waals surface area contributed by atoms with E-state index in [9.17, 15) is 0 Å². The molecule has 80 valence electrons. The fraction of sp³-hybridized carbons (Fsp3) is 0.600. The zero-order valence-electron chi connectivity index (χ0n) is 8.50. The Bertz CT molecular complexity index is 275. The molecule has 0 aliphatic heterocycles. The minimum Gasteiger partial charge on any atom is -0.457 e. The van der Waals surface area contributed by atoms with E-state index in [-0.39, 0.29) is 6.04 Å². The van der Waals surface area contributed by atoms with Gasteiger partial charge in [0.1, 0.15) is 0 Å². The van der Waals surface area contributed by atoms with E-state index in [0.29, 0.717) is 5.92 Å². The van der Waals surface area contributed by atoms with Crippen LogP contribution < -0.4 is 5.73 Å². The Kier molecular flexibility index (Phi) is 4.65. The Labute approximate surface area is 92.7 Å². The van der Waals surface area contributed by atoms with Crippen LogP contribution in [0.3, 0.4) is 0 Å². The summed E-state index contributed by atoms with van der Waals surface area (Å²) in [6, 6.07) is 1.90. The van der Waals surface area contributed by atoms with Crippen molar-refractivity contribution in [3.63, 3.8) is 0 Å². The topological polar surface area (TPSA) is 48.4 Å². The number of halogens is 1. The first-order valence-corrected chi connectivity index (χ1v) is 5.43. The van der Waals surface area contributed by atoms with Crippen LogP contribution in [0, 0.1) is 5.92 Å². The van der Waals surface area contributed by atoms with Gasteiger partial charge < -0.3 is 14.9 Å². The molecule has 0 saturated carbocycles. The second-order valence-electron chi connectivity index (χ2n) is 3.43. The summed E-state index contributed by atoms with van der Waals surface area (Å²) in [6.45, 7) is 2.85. The van der Waals surface area contributed by atoms with Crippen molar-refractivity contribution in [1.82, 2.24) is 0 Å². The van der Waals surface area contributed by atoms with Gasteiger partial charge >= 0.3 is 0 Å². The number of furan rings is 1. The number of methoxy groups -OCH3 is 1. The smallest absolute Gasteiger partial charge is 0.173 e. The predicted molar refractivity (Wildman–Crippen MR) is 59.0 cm³/mol. The van der Waals surface area contributed by atoms with Crippen LogP contribution in [-0.4, -0.2) is 13.7 Å². The number of nitrogens with two attached hydrogens (primary N) is 1. The van der Waals surface area contributed by atoms with Crippen LogP contribution in [0.4, 0.5) is 0 Å². The summed E-state index contributed by atoms with van der Waals surface area (Å²) in [4.78, 5) is 0. The summed E-state index contributed by atoms with van der Waals surface area (Å²) in [5.74, 6) is 0.379. The molecule has 4 heteroatoms. The molecule has 2 N–H and O–H groups in total. The van der Waals surface area contributed by atoms with Gasteiger partial charge in [0.2, 0.25) is 0 Å². The Morgan fingerprint density at radius 3 is 2.86 bits per heavy atom. The molecule has 1 aromatic rings. The molecule has 2 unspecified atom stereocenters. The second-order valence-corrected chi connectivity index (χ2v) is 4.15. The van der Waals surface area contributed by atoms with Gasteiger partial charge in [0.05, 0.1) is 6.26 Å². The van der Waals surface area contributed by atoms with Crippen molar-refractivity contribution in [2.75, 3.05) is 13.7 Å². The average molecular weight is 262 g/mol. The third-order valence-electron chi connectivity index (χ3n) is 2.40. The van der Waals surface area contributed by atoms with Gasteiger partial charge in [-0.2, -0.15) is 0 Å². The lowest BCUT2D eigenvalue weighted by atomic mass is 9.95. The van der Waals surface area contributed by atoms with E-state index in [1.807, 2.05) is 6.07 Å². The lowest BCUT2D eigenvalue weighted by molar-refractivity contribution is 0.174. The Morgan fingerprint density at radius 1 is 1.64 bits per heavy atom.